The van der Waals surface area contributed by atoms with Crippen molar-refractivity contribution < 1.29 is 9.53 Å². The Balaban J connectivity index is 1.61. The van der Waals surface area contributed by atoms with E-state index >= 15 is 0 Å². The first kappa shape index (κ1) is 19.3. The summed E-state index contributed by atoms with van der Waals surface area (Å²) in [4.78, 5) is 12.4. The lowest BCUT2D eigenvalue weighted by Crippen LogP contribution is -2.32. The summed E-state index contributed by atoms with van der Waals surface area (Å²) in [5.41, 5.74) is 1.03. The first-order chi connectivity index (χ1) is 13.7. The summed E-state index contributed by atoms with van der Waals surface area (Å²) in [6, 6.07) is 8.73. The number of benzene rings is 1. The molecule has 4 rings (SSSR count). The fraction of sp³-hybridized carbons (Fsp3) is 0.571. The zero-order chi connectivity index (χ0) is 19.5. The quantitative estimate of drug-likeness (QED) is 0.705. The molecule has 1 aromatic heterocycles. The summed E-state index contributed by atoms with van der Waals surface area (Å²) in [5.74, 6) is 1.80. The molecule has 1 amide bonds. The van der Waals surface area contributed by atoms with Crippen molar-refractivity contribution in [3.8, 4) is 17.1 Å². The highest BCUT2D eigenvalue weighted by atomic mass is 32.2. The van der Waals surface area contributed by atoms with Crippen LogP contribution in [-0.2, 0) is 4.79 Å². The third kappa shape index (κ3) is 4.35. The molecule has 0 unspecified atom stereocenters. The predicted octanol–water partition coefficient (Wildman–Crippen LogP) is 4.22. The van der Waals surface area contributed by atoms with Crippen molar-refractivity contribution in [2.24, 2.45) is 0 Å². The van der Waals surface area contributed by atoms with Crippen LogP contribution in [0.2, 0.25) is 0 Å². The molecule has 1 atom stereocenters. The molecule has 0 aliphatic heterocycles. The van der Waals surface area contributed by atoms with Gasteiger partial charge >= 0.3 is 0 Å². The minimum absolute atomic E-state index is 0.0942. The van der Waals surface area contributed by atoms with Crippen LogP contribution < -0.4 is 10.1 Å². The predicted molar refractivity (Wildman–Crippen MR) is 111 cm³/mol. The first-order valence-electron chi connectivity index (χ1n) is 10.2. The number of nitrogens with zero attached hydrogens (tertiary/aromatic N) is 3. The minimum Gasteiger partial charge on any atom is -0.497 e. The Morgan fingerprint density at radius 1 is 1.14 bits per heavy atom. The summed E-state index contributed by atoms with van der Waals surface area (Å²) >= 11 is 1.52. The summed E-state index contributed by atoms with van der Waals surface area (Å²) in [6.45, 7) is 1.95. The van der Waals surface area contributed by atoms with Gasteiger partial charge in [0.05, 0.1) is 12.4 Å². The Morgan fingerprint density at radius 3 is 2.50 bits per heavy atom. The van der Waals surface area contributed by atoms with Gasteiger partial charge in [0.1, 0.15) is 5.75 Å². The molecule has 2 fully saturated rings. The Bertz CT molecular complexity index is 810. The van der Waals surface area contributed by atoms with Crippen LogP contribution in [-0.4, -0.2) is 39.1 Å². The van der Waals surface area contributed by atoms with Crippen molar-refractivity contribution in [1.82, 2.24) is 20.1 Å². The summed E-state index contributed by atoms with van der Waals surface area (Å²) in [5, 5.41) is 12.8. The number of carbonyl (C=O) groups is 1. The number of hydrogen-bond acceptors (Lipinski definition) is 5. The molecule has 7 heteroatoms. The van der Waals surface area contributed by atoms with Crippen LogP contribution in [0.15, 0.2) is 29.4 Å². The molecule has 0 bridgehead atoms. The molecule has 2 aromatic rings. The van der Waals surface area contributed by atoms with Crippen molar-refractivity contribution in [1.29, 1.82) is 0 Å². The molecule has 28 heavy (non-hydrogen) atoms. The van der Waals surface area contributed by atoms with E-state index in [-0.39, 0.29) is 11.2 Å². The van der Waals surface area contributed by atoms with Crippen LogP contribution >= 0.6 is 11.8 Å². The van der Waals surface area contributed by atoms with E-state index in [0.29, 0.717) is 12.1 Å². The van der Waals surface area contributed by atoms with E-state index in [0.717, 1.165) is 48.0 Å². The Hall–Kier alpha value is -2.02. The maximum atomic E-state index is 12.4. The summed E-state index contributed by atoms with van der Waals surface area (Å²) in [7, 11) is 1.67. The molecule has 0 saturated heterocycles. The second-order valence-electron chi connectivity index (χ2n) is 7.74. The normalized spacial score (nSPS) is 18.6. The fourth-order valence-electron chi connectivity index (χ4n) is 3.72. The molecule has 0 spiro atoms. The number of rotatable bonds is 7. The van der Waals surface area contributed by atoms with E-state index in [4.69, 9.17) is 4.74 Å². The first-order valence-corrected chi connectivity index (χ1v) is 11.1. The molecule has 0 radical (unpaired) electrons. The molecular formula is C21H28N4O2S. The second-order valence-corrected chi connectivity index (χ2v) is 9.05. The summed E-state index contributed by atoms with van der Waals surface area (Å²) in [6.07, 6.45) is 8.22. The number of amides is 1. The van der Waals surface area contributed by atoms with Gasteiger partial charge in [-0.25, -0.2) is 0 Å². The number of carbonyl (C=O) groups excluding carboxylic acids is 1. The topological polar surface area (TPSA) is 69.0 Å². The van der Waals surface area contributed by atoms with Gasteiger partial charge in [-0.3, -0.25) is 9.36 Å². The smallest absolute Gasteiger partial charge is 0.233 e. The van der Waals surface area contributed by atoms with Gasteiger partial charge < -0.3 is 10.1 Å². The number of aromatic nitrogens is 3. The second kappa shape index (κ2) is 8.55. The molecular weight excluding hydrogens is 372 g/mol. The van der Waals surface area contributed by atoms with Gasteiger partial charge in [-0.2, -0.15) is 0 Å². The van der Waals surface area contributed by atoms with E-state index in [9.17, 15) is 4.79 Å². The highest BCUT2D eigenvalue weighted by Crippen LogP contribution is 2.37. The zero-order valence-corrected chi connectivity index (χ0v) is 17.4. The highest BCUT2D eigenvalue weighted by Gasteiger charge is 2.29. The molecule has 6 nitrogen and oxygen atoms in total. The molecule has 2 aliphatic carbocycles. The number of thioether (sulfide) groups is 1. The minimum atomic E-state index is -0.184. The van der Waals surface area contributed by atoms with E-state index in [2.05, 4.69) is 20.1 Å². The maximum Gasteiger partial charge on any atom is 0.233 e. The van der Waals surface area contributed by atoms with Crippen molar-refractivity contribution in [3.05, 3.63) is 24.3 Å². The van der Waals surface area contributed by atoms with Crippen LogP contribution in [0.3, 0.4) is 0 Å². The molecule has 2 aliphatic rings. The average molecular weight is 401 g/mol. The monoisotopic (exact) mass is 400 g/mol. The van der Waals surface area contributed by atoms with E-state index in [1.165, 1.54) is 31.0 Å². The standard InChI is InChI=1S/C21H28N4O2S/c1-14(20(26)22-16-10-11-16)28-21-24-23-19(15-8-12-18(27-2)13-9-15)25(21)17-6-4-3-5-7-17/h8-9,12-14,16-17H,3-7,10-11H2,1-2H3,(H,22,26)/t14-/m1/s1. The zero-order valence-electron chi connectivity index (χ0n) is 16.6. The van der Waals surface area contributed by atoms with Gasteiger partial charge in [-0.05, 0) is 56.9 Å². The Morgan fingerprint density at radius 2 is 1.86 bits per heavy atom. The van der Waals surface area contributed by atoms with Gasteiger partial charge in [-0.1, -0.05) is 31.0 Å². The van der Waals surface area contributed by atoms with Crippen LogP contribution in [0, 0.1) is 0 Å². The lowest BCUT2D eigenvalue weighted by molar-refractivity contribution is -0.120. The van der Waals surface area contributed by atoms with Crippen molar-refractivity contribution in [2.45, 2.75) is 74.4 Å². The third-order valence-electron chi connectivity index (χ3n) is 5.53. The lowest BCUT2D eigenvalue weighted by atomic mass is 9.95. The van der Waals surface area contributed by atoms with Crippen LogP contribution in [0.25, 0.3) is 11.4 Å². The Labute approximate surface area is 170 Å². The molecule has 1 aromatic carbocycles. The highest BCUT2D eigenvalue weighted by molar-refractivity contribution is 8.00. The van der Waals surface area contributed by atoms with Gasteiger partial charge in [0.15, 0.2) is 11.0 Å². The van der Waals surface area contributed by atoms with Crippen molar-refractivity contribution in [3.63, 3.8) is 0 Å². The SMILES string of the molecule is COc1ccc(-c2nnc(S[C@H](C)C(=O)NC3CC3)n2C2CCCCC2)cc1. The maximum absolute atomic E-state index is 12.4. The summed E-state index contributed by atoms with van der Waals surface area (Å²) < 4.78 is 7.55. The van der Waals surface area contributed by atoms with E-state index in [1.807, 2.05) is 31.2 Å². The van der Waals surface area contributed by atoms with E-state index < -0.39 is 0 Å². The lowest BCUT2D eigenvalue weighted by Gasteiger charge is -2.26. The number of methoxy groups -OCH3 is 1. The molecule has 150 valence electrons. The third-order valence-corrected chi connectivity index (χ3v) is 6.58. The van der Waals surface area contributed by atoms with Crippen LogP contribution in [0.1, 0.15) is 57.9 Å². The van der Waals surface area contributed by atoms with Gasteiger partial charge in [0.2, 0.25) is 5.91 Å². The molecule has 2 saturated carbocycles. The fourth-order valence-corrected chi connectivity index (χ4v) is 4.65. The van der Waals surface area contributed by atoms with Gasteiger partial charge in [0.25, 0.3) is 0 Å². The van der Waals surface area contributed by atoms with Crippen LogP contribution in [0.4, 0.5) is 0 Å². The van der Waals surface area contributed by atoms with E-state index in [1.54, 1.807) is 7.11 Å². The average Bonchev–Trinajstić information content (AvgIpc) is 3.45. The molecule has 1 heterocycles. The van der Waals surface area contributed by atoms with Gasteiger partial charge in [0, 0.05) is 17.6 Å². The largest absolute Gasteiger partial charge is 0.497 e. The number of hydrogen-bond donors (Lipinski definition) is 1. The number of nitrogens with one attached hydrogen (secondary N) is 1. The Kier molecular flexibility index (Phi) is 5.90. The molecule has 1 N–H and O–H groups in total. The number of ether oxygens (including phenoxy) is 1. The van der Waals surface area contributed by atoms with Gasteiger partial charge in [-0.15, -0.1) is 10.2 Å². The van der Waals surface area contributed by atoms with Crippen molar-refractivity contribution in [2.75, 3.05) is 7.11 Å². The van der Waals surface area contributed by atoms with Crippen LogP contribution in [0.5, 0.6) is 5.75 Å². The van der Waals surface area contributed by atoms with Crippen molar-refractivity contribution >= 4 is 17.7 Å².